The molecule has 0 spiro atoms. The Balaban J connectivity index is 1.21. The molecular weight excluding hydrogens is 600 g/mol. The van der Waals surface area contributed by atoms with Gasteiger partial charge < -0.3 is 15.2 Å². The molecule has 3 heterocycles. The van der Waals surface area contributed by atoms with Crippen LogP contribution in [0.2, 0.25) is 0 Å². The number of nitrogens with zero attached hydrogens (tertiary/aromatic N) is 5. The predicted molar refractivity (Wildman–Crippen MR) is 172 cm³/mol. The molecule has 226 valence electrons. The maximum absolute atomic E-state index is 14.5. The van der Waals surface area contributed by atoms with Crippen LogP contribution in [0, 0.1) is 31.5 Å². The van der Waals surface area contributed by atoms with Crippen LogP contribution in [0.5, 0.6) is 5.75 Å². The molecule has 2 N–H and O–H groups in total. The van der Waals surface area contributed by atoms with E-state index in [-0.39, 0.29) is 18.1 Å². The Kier molecular flexibility index (Phi) is 9.79. The molecule has 5 aromatic rings. The fourth-order valence-corrected chi connectivity index (χ4v) is 6.31. The molecule has 0 aliphatic heterocycles. The van der Waals surface area contributed by atoms with Gasteiger partial charge in [0, 0.05) is 16.9 Å². The van der Waals surface area contributed by atoms with Crippen LogP contribution in [0.1, 0.15) is 49.2 Å². The predicted octanol–water partition coefficient (Wildman–Crippen LogP) is 6.26. The highest BCUT2D eigenvalue weighted by Crippen LogP contribution is 2.30. The summed E-state index contributed by atoms with van der Waals surface area (Å²) in [6.07, 6.45) is 1.29. The van der Waals surface area contributed by atoms with Crippen molar-refractivity contribution in [1.29, 1.82) is 0 Å². The Hall–Kier alpha value is -4.44. The molecule has 0 amide bonds. The van der Waals surface area contributed by atoms with E-state index >= 15 is 0 Å². The van der Waals surface area contributed by atoms with Crippen LogP contribution >= 0.6 is 22.7 Å². The molecule has 2 aromatic carbocycles. The number of thiazole rings is 2. The number of aromatic nitrogens is 4. The average molecular weight is 631 g/mol. The number of aryl methyl sites for hydroxylation is 1. The van der Waals surface area contributed by atoms with Crippen LogP contribution < -0.4 is 10.1 Å². The second-order valence-electron chi connectivity index (χ2n) is 10.4. The van der Waals surface area contributed by atoms with Crippen LogP contribution in [0.4, 0.5) is 15.3 Å². The molecule has 0 aliphatic carbocycles. The van der Waals surface area contributed by atoms with Gasteiger partial charge in [0.05, 0.1) is 34.1 Å². The normalized spacial score (nSPS) is 11.0. The van der Waals surface area contributed by atoms with Crippen LogP contribution in [0.3, 0.4) is 0 Å². The SMILES string of the molecule is Cc1c(Cc2nc(C(=O)O)c(CCCOc3ccc(C#CCN(C)C)cc3F)s2)nnc(Nc2nc3ccccc3s2)c1C. The number of halogens is 1. The van der Waals surface area contributed by atoms with E-state index in [2.05, 4.69) is 37.3 Å². The lowest BCUT2D eigenvalue weighted by Crippen LogP contribution is -2.10. The summed E-state index contributed by atoms with van der Waals surface area (Å²) < 4.78 is 21.2. The lowest BCUT2D eigenvalue weighted by atomic mass is 10.1. The first-order valence-electron chi connectivity index (χ1n) is 13.9. The molecule has 0 fully saturated rings. The zero-order valence-corrected chi connectivity index (χ0v) is 26.4. The van der Waals surface area contributed by atoms with Gasteiger partial charge in [0.25, 0.3) is 0 Å². The Morgan fingerprint density at radius 2 is 1.91 bits per heavy atom. The van der Waals surface area contributed by atoms with Crippen LogP contribution in [-0.4, -0.2) is 63.4 Å². The first kappa shape index (κ1) is 31.0. The van der Waals surface area contributed by atoms with Crippen molar-refractivity contribution in [3.63, 3.8) is 0 Å². The zero-order chi connectivity index (χ0) is 31.2. The van der Waals surface area contributed by atoms with Crippen molar-refractivity contribution in [2.45, 2.75) is 33.1 Å². The average Bonchev–Trinajstić information content (AvgIpc) is 3.59. The van der Waals surface area contributed by atoms with Gasteiger partial charge in [-0.2, -0.15) is 5.10 Å². The summed E-state index contributed by atoms with van der Waals surface area (Å²) in [6, 6.07) is 12.6. The summed E-state index contributed by atoms with van der Waals surface area (Å²) in [4.78, 5) is 23.5. The van der Waals surface area contributed by atoms with Crippen LogP contribution in [0.25, 0.3) is 10.2 Å². The van der Waals surface area contributed by atoms with E-state index in [9.17, 15) is 14.3 Å². The number of carboxylic acids is 1. The van der Waals surface area contributed by atoms with E-state index in [1.165, 1.54) is 17.4 Å². The van der Waals surface area contributed by atoms with Crippen molar-refractivity contribution in [3.05, 3.63) is 86.2 Å². The summed E-state index contributed by atoms with van der Waals surface area (Å²) in [5.74, 6) is 5.09. The standard InChI is InChI=1S/C32H31FN6O3S2/c1-19-20(2)30(36-32-34-23-10-5-6-11-26(23)44-32)38-37-24(19)18-28-35-29(31(40)41)27(43-28)12-8-16-42-25-14-13-21(17-22(25)33)9-7-15-39(3)4/h5-6,10-11,13-14,17H,8,12,15-16,18H2,1-4H3,(H,40,41)(H,34,36,38). The van der Waals surface area contributed by atoms with Gasteiger partial charge in [-0.05, 0) is 82.2 Å². The third-order valence-electron chi connectivity index (χ3n) is 6.77. The highest BCUT2D eigenvalue weighted by molar-refractivity contribution is 7.22. The smallest absolute Gasteiger partial charge is 0.355 e. The minimum absolute atomic E-state index is 0.0216. The topological polar surface area (TPSA) is 113 Å². The van der Waals surface area contributed by atoms with Crippen LogP contribution in [-0.2, 0) is 12.8 Å². The summed E-state index contributed by atoms with van der Waals surface area (Å²) in [5.41, 5.74) is 4.12. The van der Waals surface area contributed by atoms with E-state index in [1.807, 2.05) is 57.1 Å². The van der Waals surface area contributed by atoms with Crippen molar-refractivity contribution >= 4 is 49.8 Å². The first-order valence-corrected chi connectivity index (χ1v) is 15.5. The van der Waals surface area contributed by atoms with Crippen molar-refractivity contribution in [2.75, 3.05) is 32.6 Å². The molecule has 5 rings (SSSR count). The highest BCUT2D eigenvalue weighted by atomic mass is 32.1. The van der Waals surface area contributed by atoms with Crippen molar-refractivity contribution in [2.24, 2.45) is 0 Å². The molecule has 0 atom stereocenters. The second-order valence-corrected chi connectivity index (χ2v) is 12.6. The molecule has 3 aromatic heterocycles. The molecular formula is C32H31FN6O3S2. The molecule has 9 nitrogen and oxygen atoms in total. The molecule has 0 saturated carbocycles. The largest absolute Gasteiger partial charge is 0.491 e. The summed E-state index contributed by atoms with van der Waals surface area (Å²) in [5, 5.41) is 23.3. The number of aromatic carboxylic acids is 1. The summed E-state index contributed by atoms with van der Waals surface area (Å²) in [6.45, 7) is 4.74. The lowest BCUT2D eigenvalue weighted by Gasteiger charge is -2.10. The monoisotopic (exact) mass is 630 g/mol. The van der Waals surface area contributed by atoms with Gasteiger partial charge in [0.15, 0.2) is 28.2 Å². The molecule has 0 radical (unpaired) electrons. The van der Waals surface area contributed by atoms with E-state index in [1.54, 1.807) is 23.5 Å². The van der Waals surface area contributed by atoms with Crippen molar-refractivity contribution in [3.8, 4) is 17.6 Å². The minimum Gasteiger partial charge on any atom is -0.491 e. The number of carbonyl (C=O) groups is 1. The molecule has 0 saturated heterocycles. The van der Waals surface area contributed by atoms with Gasteiger partial charge in [-0.1, -0.05) is 35.3 Å². The fourth-order valence-electron chi connectivity index (χ4n) is 4.33. The number of benzene rings is 2. The Labute approximate surface area is 262 Å². The Morgan fingerprint density at radius 3 is 2.66 bits per heavy atom. The number of anilines is 2. The number of hydrogen-bond acceptors (Lipinski definition) is 10. The number of para-hydroxylation sites is 1. The van der Waals surface area contributed by atoms with Gasteiger partial charge in [-0.25, -0.2) is 19.2 Å². The first-order chi connectivity index (χ1) is 21.2. The van der Waals surface area contributed by atoms with Gasteiger partial charge in [-0.15, -0.1) is 16.4 Å². The fraction of sp³-hybridized carbons (Fsp3) is 0.281. The molecule has 12 heteroatoms. The second kappa shape index (κ2) is 13.9. The van der Waals surface area contributed by atoms with Crippen molar-refractivity contribution in [1.82, 2.24) is 25.1 Å². The third-order valence-corrected chi connectivity index (χ3v) is 8.84. The van der Waals surface area contributed by atoms with E-state index in [0.29, 0.717) is 47.1 Å². The Morgan fingerprint density at radius 1 is 1.09 bits per heavy atom. The maximum Gasteiger partial charge on any atom is 0.355 e. The third kappa shape index (κ3) is 7.55. The number of fused-ring (bicyclic) bond motifs is 1. The molecule has 0 bridgehead atoms. The molecule has 0 unspecified atom stereocenters. The van der Waals surface area contributed by atoms with Gasteiger partial charge >= 0.3 is 5.97 Å². The van der Waals surface area contributed by atoms with Gasteiger partial charge in [-0.3, -0.25) is 4.90 Å². The number of hydrogen-bond donors (Lipinski definition) is 2. The number of carboxylic acid groups (broad SMARTS) is 1. The number of nitrogens with one attached hydrogen (secondary N) is 1. The summed E-state index contributed by atoms with van der Waals surface area (Å²) >= 11 is 2.88. The van der Waals surface area contributed by atoms with E-state index < -0.39 is 11.8 Å². The van der Waals surface area contributed by atoms with Gasteiger partial charge in [0.1, 0.15) is 0 Å². The molecule has 0 aliphatic rings. The lowest BCUT2D eigenvalue weighted by molar-refractivity contribution is 0.0690. The number of rotatable bonds is 11. The maximum atomic E-state index is 14.5. The van der Waals surface area contributed by atoms with E-state index in [0.717, 1.165) is 32.2 Å². The minimum atomic E-state index is -1.09. The quantitative estimate of drug-likeness (QED) is 0.129. The van der Waals surface area contributed by atoms with Crippen molar-refractivity contribution < 1.29 is 19.0 Å². The van der Waals surface area contributed by atoms with Gasteiger partial charge in [0.2, 0.25) is 0 Å². The summed E-state index contributed by atoms with van der Waals surface area (Å²) in [7, 11) is 3.83. The zero-order valence-electron chi connectivity index (χ0n) is 24.8. The number of ether oxygens (including phenoxy) is 1. The van der Waals surface area contributed by atoms with Crippen LogP contribution in [0.15, 0.2) is 42.5 Å². The highest BCUT2D eigenvalue weighted by Gasteiger charge is 2.20. The Bertz CT molecular complexity index is 1840. The molecule has 44 heavy (non-hydrogen) atoms. The van der Waals surface area contributed by atoms with E-state index in [4.69, 9.17) is 4.74 Å².